The lowest BCUT2D eigenvalue weighted by molar-refractivity contribution is -0.0472. The van der Waals surface area contributed by atoms with Gasteiger partial charge in [-0.25, -0.2) is 8.78 Å². The number of aryl methyl sites for hydroxylation is 2. The fourth-order valence-corrected chi connectivity index (χ4v) is 5.38. The standard InChI is InChI=1S/C29H30F2N2O3/c1-17-28(19(3)36-32-17)22-6-8-24-25(21-5-7-23(18(2)34)27(14-21)35-4)16-33(26(24)13-22)15-20-9-11-29(30,31)12-10-20/h5-8,13-14,16,20,34H,2,9-12,15H2,1,3-4H3. The molecule has 4 aromatic rings. The molecule has 5 rings (SSSR count). The Labute approximate surface area is 209 Å². The number of halogens is 2. The molecule has 2 heterocycles. The van der Waals surface area contributed by atoms with Crippen molar-refractivity contribution in [2.45, 2.75) is 52.0 Å². The van der Waals surface area contributed by atoms with Gasteiger partial charge in [-0.15, -0.1) is 0 Å². The molecule has 1 saturated carbocycles. The molecule has 1 aliphatic rings. The van der Waals surface area contributed by atoms with Crippen LogP contribution < -0.4 is 4.74 Å². The van der Waals surface area contributed by atoms with Gasteiger partial charge in [0.2, 0.25) is 5.92 Å². The molecule has 5 nitrogen and oxygen atoms in total. The van der Waals surface area contributed by atoms with Gasteiger partial charge in [0.15, 0.2) is 0 Å². The van der Waals surface area contributed by atoms with Crippen molar-refractivity contribution in [1.82, 2.24) is 9.72 Å². The first-order valence-electron chi connectivity index (χ1n) is 12.2. The zero-order chi connectivity index (χ0) is 25.6. The lowest BCUT2D eigenvalue weighted by Gasteiger charge is -2.28. The van der Waals surface area contributed by atoms with E-state index in [-0.39, 0.29) is 24.5 Å². The number of hydrogen-bond donors (Lipinski definition) is 1. The highest BCUT2D eigenvalue weighted by Gasteiger charge is 2.35. The summed E-state index contributed by atoms with van der Waals surface area (Å²) >= 11 is 0. The number of alkyl halides is 2. The first-order chi connectivity index (χ1) is 17.2. The van der Waals surface area contributed by atoms with Crippen molar-refractivity contribution in [2.24, 2.45) is 5.92 Å². The van der Waals surface area contributed by atoms with Crippen LogP contribution in [0.25, 0.3) is 38.9 Å². The summed E-state index contributed by atoms with van der Waals surface area (Å²) in [6.07, 6.45) is 2.99. The van der Waals surface area contributed by atoms with E-state index >= 15 is 0 Å². The first kappa shape index (κ1) is 24.1. The van der Waals surface area contributed by atoms with Crippen molar-refractivity contribution in [3.63, 3.8) is 0 Å². The van der Waals surface area contributed by atoms with Crippen LogP contribution in [0.3, 0.4) is 0 Å². The molecule has 0 aliphatic heterocycles. The highest BCUT2D eigenvalue weighted by Crippen LogP contribution is 2.40. The molecule has 2 aromatic carbocycles. The molecule has 7 heteroatoms. The van der Waals surface area contributed by atoms with E-state index in [1.165, 1.54) is 0 Å². The zero-order valence-electron chi connectivity index (χ0n) is 20.8. The van der Waals surface area contributed by atoms with Crippen LogP contribution in [0.1, 0.15) is 42.7 Å². The quantitative estimate of drug-likeness (QED) is 0.278. The molecule has 0 bridgehead atoms. The van der Waals surface area contributed by atoms with Gasteiger partial charge < -0.3 is 18.9 Å². The van der Waals surface area contributed by atoms with E-state index in [1.54, 1.807) is 13.2 Å². The maximum absolute atomic E-state index is 13.8. The molecule has 0 amide bonds. The molecule has 0 saturated heterocycles. The van der Waals surface area contributed by atoms with E-state index in [2.05, 4.69) is 40.7 Å². The van der Waals surface area contributed by atoms with Crippen molar-refractivity contribution in [1.29, 1.82) is 0 Å². The van der Waals surface area contributed by atoms with Crippen LogP contribution in [0.2, 0.25) is 0 Å². The summed E-state index contributed by atoms with van der Waals surface area (Å²) in [7, 11) is 1.56. The van der Waals surface area contributed by atoms with Crippen LogP contribution in [0, 0.1) is 19.8 Å². The minimum absolute atomic E-state index is 0.0565. The van der Waals surface area contributed by atoms with Crippen molar-refractivity contribution >= 4 is 16.7 Å². The Kier molecular flexibility index (Phi) is 6.10. The number of aromatic nitrogens is 2. The van der Waals surface area contributed by atoms with Crippen LogP contribution >= 0.6 is 0 Å². The molecule has 36 heavy (non-hydrogen) atoms. The maximum atomic E-state index is 13.8. The van der Waals surface area contributed by atoms with Crippen LogP contribution in [-0.2, 0) is 6.54 Å². The third kappa shape index (κ3) is 4.38. The number of hydrogen-bond acceptors (Lipinski definition) is 4. The van der Waals surface area contributed by atoms with E-state index in [0.29, 0.717) is 30.7 Å². The third-order valence-electron chi connectivity index (χ3n) is 7.32. The van der Waals surface area contributed by atoms with Crippen LogP contribution in [0.5, 0.6) is 5.75 Å². The summed E-state index contributed by atoms with van der Waals surface area (Å²) in [6, 6.07) is 11.9. The second kappa shape index (κ2) is 9.12. The summed E-state index contributed by atoms with van der Waals surface area (Å²) in [5, 5.41) is 15.1. The third-order valence-corrected chi connectivity index (χ3v) is 7.32. The van der Waals surface area contributed by atoms with Crippen LogP contribution in [-0.4, -0.2) is 27.9 Å². The predicted molar refractivity (Wildman–Crippen MR) is 137 cm³/mol. The summed E-state index contributed by atoms with van der Waals surface area (Å²) in [4.78, 5) is 0. The van der Waals surface area contributed by atoms with E-state index in [0.717, 1.165) is 44.6 Å². The van der Waals surface area contributed by atoms with E-state index in [4.69, 9.17) is 9.26 Å². The Morgan fingerprint density at radius 3 is 2.53 bits per heavy atom. The van der Waals surface area contributed by atoms with Gasteiger partial charge in [0.25, 0.3) is 0 Å². The fraction of sp³-hybridized carbons (Fsp3) is 0.345. The molecule has 1 fully saturated rings. The summed E-state index contributed by atoms with van der Waals surface area (Å²) < 4.78 is 40.7. The minimum Gasteiger partial charge on any atom is -0.508 e. The zero-order valence-corrected chi connectivity index (χ0v) is 20.8. The van der Waals surface area contributed by atoms with Crippen LogP contribution in [0.4, 0.5) is 8.78 Å². The number of rotatable bonds is 6. The van der Waals surface area contributed by atoms with Gasteiger partial charge in [-0.1, -0.05) is 29.9 Å². The number of ether oxygens (including phenoxy) is 1. The molecule has 0 unspecified atom stereocenters. The first-order valence-corrected chi connectivity index (χ1v) is 12.2. The normalized spacial score (nSPS) is 15.9. The Hall–Kier alpha value is -3.61. The molecule has 2 aromatic heterocycles. The van der Waals surface area contributed by atoms with E-state index < -0.39 is 5.92 Å². The van der Waals surface area contributed by atoms with E-state index in [9.17, 15) is 13.9 Å². The molecular weight excluding hydrogens is 462 g/mol. The number of methoxy groups -OCH3 is 1. The van der Waals surface area contributed by atoms with Gasteiger partial charge in [-0.3, -0.25) is 0 Å². The van der Waals surface area contributed by atoms with Crippen molar-refractivity contribution in [3.8, 4) is 28.0 Å². The van der Waals surface area contributed by atoms with Crippen LogP contribution in [0.15, 0.2) is 53.7 Å². The molecule has 0 radical (unpaired) electrons. The maximum Gasteiger partial charge on any atom is 0.248 e. The fourth-order valence-electron chi connectivity index (χ4n) is 5.38. The number of aliphatic hydroxyl groups is 1. The lowest BCUT2D eigenvalue weighted by Crippen LogP contribution is -2.26. The Balaban J connectivity index is 1.62. The summed E-state index contributed by atoms with van der Waals surface area (Å²) in [5.74, 6) is -1.14. The molecule has 0 atom stereocenters. The van der Waals surface area contributed by atoms with Gasteiger partial charge in [-0.2, -0.15) is 0 Å². The predicted octanol–water partition coefficient (Wildman–Crippen LogP) is 7.94. The van der Waals surface area contributed by atoms with Crippen molar-refractivity contribution < 1.29 is 23.1 Å². The van der Waals surface area contributed by atoms with Gasteiger partial charge >= 0.3 is 0 Å². The second-order valence-electron chi connectivity index (χ2n) is 9.79. The molecular formula is C29H30F2N2O3. The number of fused-ring (bicyclic) bond motifs is 1. The lowest BCUT2D eigenvalue weighted by atomic mass is 9.87. The Morgan fingerprint density at radius 1 is 1.17 bits per heavy atom. The Bertz CT molecular complexity index is 1420. The average molecular weight is 493 g/mol. The van der Waals surface area contributed by atoms with Gasteiger partial charge in [0.05, 0.1) is 18.4 Å². The molecule has 188 valence electrons. The topological polar surface area (TPSA) is 60.4 Å². The monoisotopic (exact) mass is 492 g/mol. The van der Waals surface area contributed by atoms with Gasteiger partial charge in [0.1, 0.15) is 17.3 Å². The second-order valence-corrected chi connectivity index (χ2v) is 9.79. The Morgan fingerprint density at radius 2 is 1.89 bits per heavy atom. The number of nitrogens with zero attached hydrogens (tertiary/aromatic N) is 2. The number of benzene rings is 2. The summed E-state index contributed by atoms with van der Waals surface area (Å²) in [6.45, 7) is 8.11. The minimum atomic E-state index is -2.55. The molecule has 0 spiro atoms. The average Bonchev–Trinajstić information content (AvgIpc) is 3.38. The highest BCUT2D eigenvalue weighted by molar-refractivity contribution is 5.98. The smallest absolute Gasteiger partial charge is 0.248 e. The largest absolute Gasteiger partial charge is 0.508 e. The highest BCUT2D eigenvalue weighted by atomic mass is 19.3. The summed E-state index contributed by atoms with van der Waals surface area (Å²) in [5.41, 5.74) is 6.29. The molecule has 1 N–H and O–H groups in total. The van der Waals surface area contributed by atoms with Gasteiger partial charge in [0, 0.05) is 47.6 Å². The van der Waals surface area contributed by atoms with Gasteiger partial charge in [-0.05, 0) is 61.9 Å². The SMILES string of the molecule is C=C(O)c1ccc(-c2cn(CC3CCC(F)(F)CC3)c3cc(-c4c(C)noc4C)ccc23)cc1OC. The van der Waals surface area contributed by atoms with Crippen molar-refractivity contribution in [2.75, 3.05) is 7.11 Å². The van der Waals surface area contributed by atoms with Crippen molar-refractivity contribution in [3.05, 3.63) is 66.2 Å². The van der Waals surface area contributed by atoms with E-state index in [1.807, 2.05) is 26.0 Å². The molecule has 1 aliphatic carbocycles. The number of aliphatic hydroxyl groups excluding tert-OH is 1.